The Morgan fingerprint density at radius 3 is 2.77 bits per heavy atom. The number of ether oxygens (including phenoxy) is 1. The molecule has 0 bridgehead atoms. The molecule has 154 valence electrons. The molecule has 7 heteroatoms. The minimum absolute atomic E-state index is 0.409. The Labute approximate surface area is 175 Å². The highest BCUT2D eigenvalue weighted by Crippen LogP contribution is 2.27. The Hall–Kier alpha value is -3.19. The first kappa shape index (κ1) is 18.8. The second-order valence-corrected chi connectivity index (χ2v) is 8.14. The maximum Gasteiger partial charge on any atom is 0.132 e. The predicted molar refractivity (Wildman–Crippen MR) is 118 cm³/mol. The van der Waals surface area contributed by atoms with Crippen LogP contribution in [0.2, 0.25) is 0 Å². The zero-order chi connectivity index (χ0) is 20.5. The summed E-state index contributed by atoms with van der Waals surface area (Å²) in [5.41, 5.74) is 5.07. The maximum atomic E-state index is 5.46. The number of fused-ring (bicyclic) bond motifs is 1. The van der Waals surface area contributed by atoms with E-state index in [2.05, 4.69) is 57.2 Å². The van der Waals surface area contributed by atoms with Gasteiger partial charge in [-0.1, -0.05) is 13.8 Å². The molecule has 0 spiro atoms. The topological polar surface area (TPSA) is 80.7 Å². The third-order valence-electron chi connectivity index (χ3n) is 5.67. The summed E-state index contributed by atoms with van der Waals surface area (Å²) in [7, 11) is 0. The molecule has 4 aromatic rings. The van der Waals surface area contributed by atoms with Gasteiger partial charge in [-0.25, -0.2) is 4.98 Å². The van der Waals surface area contributed by atoms with Gasteiger partial charge in [0, 0.05) is 42.9 Å². The molecule has 0 saturated carbocycles. The summed E-state index contributed by atoms with van der Waals surface area (Å²) in [5.74, 6) is 2.21. The van der Waals surface area contributed by atoms with Gasteiger partial charge in [0.15, 0.2) is 0 Å². The number of aromatic nitrogens is 5. The fourth-order valence-corrected chi connectivity index (χ4v) is 3.83. The van der Waals surface area contributed by atoms with Crippen LogP contribution in [0.15, 0.2) is 49.1 Å². The van der Waals surface area contributed by atoms with Gasteiger partial charge in [0.25, 0.3) is 0 Å². The van der Waals surface area contributed by atoms with Crippen molar-refractivity contribution in [1.82, 2.24) is 24.7 Å². The third kappa shape index (κ3) is 3.80. The second kappa shape index (κ2) is 7.91. The molecule has 1 fully saturated rings. The van der Waals surface area contributed by atoms with Crippen LogP contribution in [-0.2, 0) is 4.74 Å². The lowest BCUT2D eigenvalue weighted by molar-refractivity contribution is 0.0662. The summed E-state index contributed by atoms with van der Waals surface area (Å²) in [6.07, 6.45) is 9.95. The van der Waals surface area contributed by atoms with Crippen molar-refractivity contribution in [2.45, 2.75) is 38.6 Å². The summed E-state index contributed by atoms with van der Waals surface area (Å²) >= 11 is 0. The molecule has 1 aliphatic rings. The smallest absolute Gasteiger partial charge is 0.132 e. The van der Waals surface area contributed by atoms with Crippen molar-refractivity contribution < 1.29 is 4.74 Å². The fraction of sp³-hybridized carbons (Fsp3) is 0.348. The van der Waals surface area contributed by atoms with E-state index in [4.69, 9.17) is 9.72 Å². The molecule has 0 aliphatic carbocycles. The van der Waals surface area contributed by atoms with E-state index in [-0.39, 0.29) is 0 Å². The fourth-order valence-electron chi connectivity index (χ4n) is 3.83. The van der Waals surface area contributed by atoms with Crippen LogP contribution in [0.4, 0.5) is 11.6 Å². The summed E-state index contributed by atoms with van der Waals surface area (Å²) in [6, 6.07) is 8.55. The molecule has 5 rings (SSSR count). The van der Waals surface area contributed by atoms with E-state index in [1.54, 1.807) is 0 Å². The Bertz CT molecular complexity index is 1160. The zero-order valence-corrected chi connectivity index (χ0v) is 17.3. The molecule has 0 atom stereocenters. The van der Waals surface area contributed by atoms with Crippen molar-refractivity contribution in [3.63, 3.8) is 0 Å². The molecule has 1 saturated heterocycles. The minimum Gasteiger partial charge on any atom is -0.381 e. The maximum absolute atomic E-state index is 5.46. The number of rotatable bonds is 5. The lowest BCUT2D eigenvalue weighted by Gasteiger charge is -2.22. The first-order valence-corrected chi connectivity index (χ1v) is 10.5. The summed E-state index contributed by atoms with van der Waals surface area (Å²) in [6.45, 7) is 5.96. The summed E-state index contributed by atoms with van der Waals surface area (Å²) < 4.78 is 7.52. The van der Waals surface area contributed by atoms with Gasteiger partial charge >= 0.3 is 0 Å². The SMILES string of the molecule is CC(C)c1c[nH]c(Nc2ccc3ncc(-c4cnn(C5CCOCC5)c4)cc3n2)c1. The third-order valence-corrected chi connectivity index (χ3v) is 5.67. The highest BCUT2D eigenvalue weighted by molar-refractivity contribution is 5.81. The number of H-pyrrole nitrogens is 1. The van der Waals surface area contributed by atoms with Crippen LogP contribution in [0.3, 0.4) is 0 Å². The number of nitrogens with one attached hydrogen (secondary N) is 2. The molecule has 0 unspecified atom stereocenters. The van der Waals surface area contributed by atoms with E-state index in [1.807, 2.05) is 30.7 Å². The van der Waals surface area contributed by atoms with Crippen molar-refractivity contribution >= 4 is 22.7 Å². The normalized spacial score (nSPS) is 15.2. The zero-order valence-electron chi connectivity index (χ0n) is 17.3. The largest absolute Gasteiger partial charge is 0.381 e. The molecule has 2 N–H and O–H groups in total. The number of hydrogen-bond acceptors (Lipinski definition) is 5. The number of aromatic amines is 1. The Balaban J connectivity index is 1.40. The molecule has 0 radical (unpaired) electrons. The lowest BCUT2D eigenvalue weighted by Crippen LogP contribution is -2.19. The van der Waals surface area contributed by atoms with E-state index in [0.717, 1.165) is 59.9 Å². The first-order valence-electron chi connectivity index (χ1n) is 10.5. The highest BCUT2D eigenvalue weighted by Gasteiger charge is 2.17. The van der Waals surface area contributed by atoms with Crippen molar-refractivity contribution in [2.24, 2.45) is 0 Å². The van der Waals surface area contributed by atoms with Gasteiger partial charge in [-0.05, 0) is 48.6 Å². The standard InChI is InChI=1S/C23H26N6O/c1-15(2)16-10-23(25-11-16)28-22-4-3-20-21(27-22)9-17(12-24-20)18-13-26-29(14-18)19-5-7-30-8-6-19/h3-4,9-15,19,25H,5-8H2,1-2H3,(H,27,28). The van der Waals surface area contributed by atoms with E-state index in [9.17, 15) is 0 Å². The van der Waals surface area contributed by atoms with Crippen molar-refractivity contribution in [3.8, 4) is 11.1 Å². The molecule has 0 amide bonds. The monoisotopic (exact) mass is 402 g/mol. The van der Waals surface area contributed by atoms with E-state index >= 15 is 0 Å². The molecule has 5 heterocycles. The van der Waals surface area contributed by atoms with Crippen molar-refractivity contribution in [3.05, 3.63) is 54.6 Å². The van der Waals surface area contributed by atoms with E-state index in [0.29, 0.717) is 12.0 Å². The molecular weight excluding hydrogens is 376 g/mol. The van der Waals surface area contributed by atoms with Crippen molar-refractivity contribution in [1.29, 1.82) is 0 Å². The van der Waals surface area contributed by atoms with Gasteiger partial charge in [0.05, 0.1) is 23.3 Å². The van der Waals surface area contributed by atoms with Gasteiger partial charge < -0.3 is 15.0 Å². The number of nitrogens with zero attached hydrogens (tertiary/aromatic N) is 4. The molecule has 1 aliphatic heterocycles. The minimum atomic E-state index is 0.409. The molecule has 7 nitrogen and oxygen atoms in total. The quantitative estimate of drug-likeness (QED) is 0.489. The van der Waals surface area contributed by atoms with Crippen LogP contribution in [0, 0.1) is 0 Å². The van der Waals surface area contributed by atoms with Crippen LogP contribution in [-0.4, -0.2) is 37.9 Å². The van der Waals surface area contributed by atoms with Crippen molar-refractivity contribution in [2.75, 3.05) is 18.5 Å². The molecule has 4 aromatic heterocycles. The van der Waals surface area contributed by atoms with Gasteiger partial charge in [-0.2, -0.15) is 5.10 Å². The van der Waals surface area contributed by atoms with E-state index in [1.165, 1.54) is 5.56 Å². The summed E-state index contributed by atoms with van der Waals surface area (Å²) in [5, 5.41) is 7.94. The second-order valence-electron chi connectivity index (χ2n) is 8.14. The Morgan fingerprint density at radius 2 is 1.97 bits per heavy atom. The van der Waals surface area contributed by atoms with Crippen LogP contribution in [0.1, 0.15) is 44.2 Å². The molecule has 0 aromatic carbocycles. The number of hydrogen-bond donors (Lipinski definition) is 2. The Kier molecular flexibility index (Phi) is 4.96. The molecule has 30 heavy (non-hydrogen) atoms. The van der Waals surface area contributed by atoms with Gasteiger partial charge in [0.1, 0.15) is 11.6 Å². The van der Waals surface area contributed by atoms with Crippen LogP contribution >= 0.6 is 0 Å². The number of anilines is 2. The Morgan fingerprint density at radius 1 is 1.10 bits per heavy atom. The van der Waals surface area contributed by atoms with E-state index < -0.39 is 0 Å². The lowest BCUT2D eigenvalue weighted by atomic mass is 10.1. The van der Waals surface area contributed by atoms with Gasteiger partial charge in [-0.15, -0.1) is 0 Å². The summed E-state index contributed by atoms with van der Waals surface area (Å²) in [4.78, 5) is 12.6. The van der Waals surface area contributed by atoms with Gasteiger partial charge in [0.2, 0.25) is 0 Å². The van der Waals surface area contributed by atoms with Crippen LogP contribution in [0.5, 0.6) is 0 Å². The van der Waals surface area contributed by atoms with Crippen LogP contribution in [0.25, 0.3) is 22.2 Å². The average Bonchev–Trinajstić information content (AvgIpc) is 3.44. The van der Waals surface area contributed by atoms with Gasteiger partial charge in [-0.3, -0.25) is 9.67 Å². The first-order chi connectivity index (χ1) is 14.7. The number of pyridine rings is 2. The molecular formula is C23H26N6O. The average molecular weight is 403 g/mol. The highest BCUT2D eigenvalue weighted by atomic mass is 16.5. The van der Waals surface area contributed by atoms with Crippen LogP contribution < -0.4 is 5.32 Å². The predicted octanol–water partition coefficient (Wildman–Crippen LogP) is 5.04.